The molecule has 1 aliphatic rings. The molecule has 1 aliphatic heterocycles. The van der Waals surface area contributed by atoms with Crippen molar-refractivity contribution in [3.8, 4) is 0 Å². The summed E-state index contributed by atoms with van der Waals surface area (Å²) >= 11 is 0. The molecule has 1 saturated heterocycles. The summed E-state index contributed by atoms with van der Waals surface area (Å²) in [5, 5.41) is 3.55. The molecule has 1 aromatic carbocycles. The number of nitrogens with zero attached hydrogens (tertiary/aromatic N) is 2. The summed E-state index contributed by atoms with van der Waals surface area (Å²) in [6.07, 6.45) is 0.572. The number of likely N-dealkylation sites (tertiary alicyclic amines) is 1. The van der Waals surface area contributed by atoms with Gasteiger partial charge in [0.25, 0.3) is 0 Å². The molecule has 1 heterocycles. The molecule has 5 heteroatoms. The Morgan fingerprint density at radius 2 is 2.22 bits per heavy atom. The van der Waals surface area contributed by atoms with Gasteiger partial charge in [0.15, 0.2) is 0 Å². The van der Waals surface area contributed by atoms with Gasteiger partial charge >= 0.3 is 5.97 Å². The Hall–Kier alpha value is -1.75. The van der Waals surface area contributed by atoms with E-state index < -0.39 is 0 Å². The standard InChI is InChI=1S/C13H17N3O2/c1-18-13(17)12-7-11(15-14)9-16(12)8-10-5-3-2-4-6-10/h2-6,11-12,14H,7-9H2,1H3/t11-,12-/m0/s1. The molecule has 2 rings (SSSR count). The number of nitrogens with one attached hydrogen (secondary N) is 1. The van der Waals surface area contributed by atoms with Crippen LogP contribution in [0.25, 0.3) is 0 Å². The van der Waals surface area contributed by atoms with E-state index in [0.717, 1.165) is 5.56 Å². The first-order valence-corrected chi connectivity index (χ1v) is 5.97. The van der Waals surface area contributed by atoms with E-state index in [1.165, 1.54) is 7.11 Å². The number of ether oxygens (including phenoxy) is 1. The van der Waals surface area contributed by atoms with E-state index >= 15 is 0 Å². The number of hydrogen-bond donors (Lipinski definition) is 1. The zero-order valence-corrected chi connectivity index (χ0v) is 10.4. The Kier molecular flexibility index (Phi) is 4.04. The molecule has 0 aliphatic carbocycles. The van der Waals surface area contributed by atoms with Crippen LogP contribution in [-0.2, 0) is 16.1 Å². The Labute approximate surface area is 106 Å². The number of methoxy groups -OCH3 is 1. The highest BCUT2D eigenvalue weighted by molar-refractivity contribution is 5.76. The van der Waals surface area contributed by atoms with Crippen LogP contribution in [0.15, 0.2) is 35.4 Å². The molecule has 18 heavy (non-hydrogen) atoms. The maximum absolute atomic E-state index is 11.7. The van der Waals surface area contributed by atoms with E-state index in [0.29, 0.717) is 19.5 Å². The van der Waals surface area contributed by atoms with Crippen molar-refractivity contribution in [1.29, 1.82) is 5.53 Å². The zero-order valence-electron chi connectivity index (χ0n) is 10.4. The lowest BCUT2D eigenvalue weighted by atomic mass is 10.1. The maximum Gasteiger partial charge on any atom is 0.323 e. The van der Waals surface area contributed by atoms with Gasteiger partial charge in [0.2, 0.25) is 0 Å². The van der Waals surface area contributed by atoms with Gasteiger partial charge in [-0.3, -0.25) is 9.69 Å². The highest BCUT2D eigenvalue weighted by Gasteiger charge is 2.37. The molecule has 5 nitrogen and oxygen atoms in total. The number of esters is 1. The molecular weight excluding hydrogens is 230 g/mol. The lowest BCUT2D eigenvalue weighted by Gasteiger charge is -2.21. The first kappa shape index (κ1) is 12.7. The second kappa shape index (κ2) is 5.73. The van der Waals surface area contributed by atoms with Crippen LogP contribution in [0.2, 0.25) is 0 Å². The van der Waals surface area contributed by atoms with Gasteiger partial charge in [0, 0.05) is 13.1 Å². The molecule has 0 amide bonds. The summed E-state index contributed by atoms with van der Waals surface area (Å²) in [5.74, 6) is -0.239. The van der Waals surface area contributed by atoms with Crippen molar-refractivity contribution in [2.24, 2.45) is 5.11 Å². The molecule has 0 radical (unpaired) electrons. The lowest BCUT2D eigenvalue weighted by Crippen LogP contribution is -2.36. The molecule has 1 fully saturated rings. The maximum atomic E-state index is 11.7. The van der Waals surface area contributed by atoms with E-state index in [4.69, 9.17) is 10.3 Å². The molecule has 1 aromatic rings. The molecule has 96 valence electrons. The third-order valence-electron chi connectivity index (χ3n) is 3.27. The topological polar surface area (TPSA) is 65.8 Å². The molecule has 2 atom stereocenters. The van der Waals surface area contributed by atoms with E-state index in [1.807, 2.05) is 35.2 Å². The fourth-order valence-electron chi connectivity index (χ4n) is 2.35. The van der Waals surface area contributed by atoms with Crippen LogP contribution in [0.1, 0.15) is 12.0 Å². The molecular formula is C13H17N3O2. The highest BCUT2D eigenvalue weighted by atomic mass is 16.5. The normalized spacial score (nSPS) is 23.8. The smallest absolute Gasteiger partial charge is 0.323 e. The third kappa shape index (κ3) is 2.73. The molecule has 1 N–H and O–H groups in total. The van der Waals surface area contributed by atoms with Crippen molar-refractivity contribution in [2.45, 2.75) is 25.0 Å². The largest absolute Gasteiger partial charge is 0.468 e. The van der Waals surface area contributed by atoms with Gasteiger partial charge in [-0.15, -0.1) is 0 Å². The van der Waals surface area contributed by atoms with Crippen LogP contribution in [0.5, 0.6) is 0 Å². The predicted octanol–water partition coefficient (Wildman–Crippen LogP) is 1.83. The van der Waals surface area contributed by atoms with Gasteiger partial charge in [0.05, 0.1) is 13.2 Å². The summed E-state index contributed by atoms with van der Waals surface area (Å²) in [6.45, 7) is 1.32. The minimum Gasteiger partial charge on any atom is -0.468 e. The Balaban J connectivity index is 2.09. The fraction of sp³-hybridized carbons (Fsp3) is 0.462. The summed E-state index contributed by atoms with van der Waals surface area (Å²) < 4.78 is 4.81. The first-order valence-electron chi connectivity index (χ1n) is 5.97. The van der Waals surface area contributed by atoms with E-state index in [-0.39, 0.29) is 18.1 Å². The summed E-state index contributed by atoms with van der Waals surface area (Å²) in [6, 6.07) is 9.59. The minimum absolute atomic E-state index is 0.0992. The first-order chi connectivity index (χ1) is 8.74. The van der Waals surface area contributed by atoms with Crippen LogP contribution in [0.4, 0.5) is 0 Å². The van der Waals surface area contributed by atoms with Crippen molar-refractivity contribution in [3.63, 3.8) is 0 Å². The van der Waals surface area contributed by atoms with Gasteiger partial charge in [0.1, 0.15) is 6.04 Å². The van der Waals surface area contributed by atoms with Crippen LogP contribution in [-0.4, -0.2) is 36.6 Å². The van der Waals surface area contributed by atoms with Crippen molar-refractivity contribution in [2.75, 3.05) is 13.7 Å². The van der Waals surface area contributed by atoms with Crippen LogP contribution >= 0.6 is 0 Å². The average Bonchev–Trinajstić information content (AvgIpc) is 2.82. The summed E-state index contributed by atoms with van der Waals surface area (Å²) in [5.41, 5.74) is 8.25. The number of hydrogen-bond acceptors (Lipinski definition) is 5. The molecule has 0 spiro atoms. The zero-order chi connectivity index (χ0) is 13.0. The number of carbonyl (C=O) groups excluding carboxylic acids is 1. The van der Waals surface area contributed by atoms with Crippen molar-refractivity contribution < 1.29 is 9.53 Å². The Morgan fingerprint density at radius 3 is 2.83 bits per heavy atom. The van der Waals surface area contributed by atoms with Crippen LogP contribution in [0, 0.1) is 5.53 Å². The predicted molar refractivity (Wildman–Crippen MR) is 66.2 cm³/mol. The quantitative estimate of drug-likeness (QED) is 0.652. The molecule has 0 unspecified atom stereocenters. The van der Waals surface area contributed by atoms with E-state index in [1.54, 1.807) is 0 Å². The summed E-state index contributed by atoms with van der Waals surface area (Å²) in [4.78, 5) is 13.7. The molecule has 0 saturated carbocycles. The number of benzene rings is 1. The molecule has 0 bridgehead atoms. The Morgan fingerprint density at radius 1 is 1.50 bits per heavy atom. The van der Waals surface area contributed by atoms with Gasteiger partial charge in [-0.25, -0.2) is 5.53 Å². The molecule has 0 aromatic heterocycles. The van der Waals surface area contributed by atoms with Gasteiger partial charge in [-0.05, 0) is 12.0 Å². The summed E-state index contributed by atoms with van der Waals surface area (Å²) in [7, 11) is 1.40. The van der Waals surface area contributed by atoms with Crippen LogP contribution in [0.3, 0.4) is 0 Å². The highest BCUT2D eigenvalue weighted by Crippen LogP contribution is 2.23. The van der Waals surface area contributed by atoms with Crippen molar-refractivity contribution >= 4 is 5.97 Å². The third-order valence-corrected chi connectivity index (χ3v) is 3.27. The number of carbonyl (C=O) groups is 1. The second-order valence-electron chi connectivity index (χ2n) is 4.47. The van der Waals surface area contributed by atoms with Crippen molar-refractivity contribution in [1.82, 2.24) is 4.90 Å². The minimum atomic E-state index is -0.283. The number of rotatable bonds is 4. The van der Waals surface area contributed by atoms with Gasteiger partial charge < -0.3 is 4.74 Å². The van der Waals surface area contributed by atoms with Gasteiger partial charge in [-0.1, -0.05) is 30.3 Å². The second-order valence-corrected chi connectivity index (χ2v) is 4.47. The van der Waals surface area contributed by atoms with E-state index in [9.17, 15) is 4.79 Å². The van der Waals surface area contributed by atoms with Crippen molar-refractivity contribution in [3.05, 3.63) is 35.9 Å². The monoisotopic (exact) mass is 247 g/mol. The fourth-order valence-corrected chi connectivity index (χ4v) is 2.35. The lowest BCUT2D eigenvalue weighted by molar-refractivity contribution is -0.146. The van der Waals surface area contributed by atoms with Crippen LogP contribution < -0.4 is 0 Å². The average molecular weight is 247 g/mol. The SMILES string of the molecule is COC(=O)[C@@H]1C[C@H](N=N)CN1Cc1ccccc1. The van der Waals surface area contributed by atoms with Gasteiger partial charge in [-0.2, -0.15) is 5.11 Å². The van der Waals surface area contributed by atoms with E-state index in [2.05, 4.69) is 5.11 Å². The Bertz CT molecular complexity index is 422.